The van der Waals surface area contributed by atoms with Gasteiger partial charge in [-0.2, -0.15) is 0 Å². The van der Waals surface area contributed by atoms with E-state index in [0.29, 0.717) is 19.1 Å². The van der Waals surface area contributed by atoms with E-state index in [0.717, 1.165) is 33.7 Å². The molecule has 28 heavy (non-hydrogen) atoms. The molecule has 0 saturated heterocycles. The molecule has 0 spiro atoms. The van der Waals surface area contributed by atoms with E-state index in [2.05, 4.69) is 31.3 Å². The molecule has 3 rings (SSSR count). The zero-order valence-electron chi connectivity index (χ0n) is 17.2. The highest BCUT2D eigenvalue weighted by molar-refractivity contribution is 6.06. The van der Waals surface area contributed by atoms with Crippen molar-refractivity contribution in [3.05, 3.63) is 58.7 Å². The Bertz CT molecular complexity index is 905. The second kappa shape index (κ2) is 8.05. The molecule has 2 amide bonds. The summed E-state index contributed by atoms with van der Waals surface area (Å²) >= 11 is 0. The van der Waals surface area contributed by atoms with Gasteiger partial charge in [0.25, 0.3) is 5.91 Å². The summed E-state index contributed by atoms with van der Waals surface area (Å²) in [6, 6.07) is 11.4. The Kier molecular flexibility index (Phi) is 5.73. The molecule has 0 aromatic heterocycles. The van der Waals surface area contributed by atoms with Crippen LogP contribution in [0.4, 0.5) is 5.69 Å². The molecule has 2 aromatic rings. The highest BCUT2D eigenvalue weighted by Gasteiger charge is 2.38. The number of aryl methyl sites for hydroxylation is 2. The van der Waals surface area contributed by atoms with Crippen LogP contribution in [-0.4, -0.2) is 25.0 Å². The molecule has 2 aromatic carbocycles. The second-order valence-corrected chi connectivity index (χ2v) is 7.68. The van der Waals surface area contributed by atoms with Crippen LogP contribution in [0, 0.1) is 13.8 Å². The first-order chi connectivity index (χ1) is 13.3. The van der Waals surface area contributed by atoms with Crippen molar-refractivity contribution in [2.45, 2.75) is 46.6 Å². The average molecular weight is 380 g/mol. The fourth-order valence-corrected chi connectivity index (χ4v) is 3.74. The van der Waals surface area contributed by atoms with Crippen molar-refractivity contribution in [1.29, 1.82) is 0 Å². The van der Waals surface area contributed by atoms with Crippen LogP contribution in [0.3, 0.4) is 0 Å². The van der Waals surface area contributed by atoms with Crippen molar-refractivity contribution < 1.29 is 14.3 Å². The maximum Gasteiger partial charge on any atom is 0.254 e. The summed E-state index contributed by atoms with van der Waals surface area (Å²) < 4.78 is 6.08. The van der Waals surface area contributed by atoms with Crippen molar-refractivity contribution in [2.24, 2.45) is 0 Å². The van der Waals surface area contributed by atoms with E-state index in [1.54, 1.807) is 4.90 Å². The Morgan fingerprint density at radius 2 is 1.96 bits per heavy atom. The Morgan fingerprint density at radius 3 is 2.64 bits per heavy atom. The first-order valence-corrected chi connectivity index (χ1v) is 9.71. The van der Waals surface area contributed by atoms with Crippen LogP contribution in [0.1, 0.15) is 55.0 Å². The summed E-state index contributed by atoms with van der Waals surface area (Å²) in [7, 11) is 0. The first kappa shape index (κ1) is 19.9. The van der Waals surface area contributed by atoms with Crippen LogP contribution in [0.15, 0.2) is 36.4 Å². The fraction of sp³-hybridized carbons (Fsp3) is 0.391. The lowest BCUT2D eigenvalue weighted by atomic mass is 10.0. The normalized spacial score (nSPS) is 15.7. The predicted octanol–water partition coefficient (Wildman–Crippen LogP) is 4.03. The Balaban J connectivity index is 1.79. The van der Waals surface area contributed by atoms with Crippen LogP contribution in [0.5, 0.6) is 5.75 Å². The fourth-order valence-electron chi connectivity index (χ4n) is 3.74. The lowest BCUT2D eigenvalue weighted by molar-refractivity contribution is -0.126. The molecule has 0 bridgehead atoms. The van der Waals surface area contributed by atoms with Gasteiger partial charge in [0.1, 0.15) is 18.4 Å². The van der Waals surface area contributed by atoms with Gasteiger partial charge in [-0.25, -0.2) is 0 Å². The number of nitrogens with one attached hydrogen (secondary N) is 1. The molecule has 1 heterocycles. The summed E-state index contributed by atoms with van der Waals surface area (Å²) in [5, 5.41) is 2.77. The smallest absolute Gasteiger partial charge is 0.254 e. The summed E-state index contributed by atoms with van der Waals surface area (Å²) in [5.41, 5.74) is 5.04. The van der Waals surface area contributed by atoms with Crippen LogP contribution in [-0.2, 0) is 9.59 Å². The average Bonchev–Trinajstić information content (AvgIpc) is 2.88. The van der Waals surface area contributed by atoms with Gasteiger partial charge in [-0.05, 0) is 42.5 Å². The Labute approximate surface area is 166 Å². The molecule has 1 aliphatic rings. The van der Waals surface area contributed by atoms with Gasteiger partial charge in [0.15, 0.2) is 0 Å². The largest absolute Gasteiger partial charge is 0.491 e. The molecule has 5 heteroatoms. The van der Waals surface area contributed by atoms with E-state index in [1.165, 1.54) is 6.92 Å². The minimum Gasteiger partial charge on any atom is -0.491 e. The standard InChI is InChI=1S/C23H28N2O3/c1-14(2)18-10-9-15(3)13-20(18)28-12-11-25-22-16(4)7-6-8-19(22)21(23(25)27)24-17(5)26/h6-10,13-14,21H,11-12H2,1-5H3,(H,24,26)/t21-/m0/s1. The number of ether oxygens (including phenoxy) is 1. The molecule has 0 unspecified atom stereocenters. The quantitative estimate of drug-likeness (QED) is 0.823. The number of para-hydroxylation sites is 1. The highest BCUT2D eigenvalue weighted by atomic mass is 16.5. The maximum atomic E-state index is 13.0. The molecule has 0 aliphatic carbocycles. The van der Waals surface area contributed by atoms with Crippen LogP contribution in [0.2, 0.25) is 0 Å². The SMILES string of the molecule is CC(=O)N[C@@H]1C(=O)N(CCOc2cc(C)ccc2C(C)C)c2c(C)cccc21. The van der Waals surface area contributed by atoms with Gasteiger partial charge in [-0.1, -0.05) is 44.2 Å². The Morgan fingerprint density at radius 1 is 1.21 bits per heavy atom. The summed E-state index contributed by atoms with van der Waals surface area (Å²) in [5.74, 6) is 0.892. The maximum absolute atomic E-state index is 13.0. The van der Waals surface area contributed by atoms with Gasteiger partial charge in [0.05, 0.1) is 12.2 Å². The number of fused-ring (bicyclic) bond motifs is 1. The van der Waals surface area contributed by atoms with Gasteiger partial charge in [0, 0.05) is 12.5 Å². The number of nitrogens with zero attached hydrogens (tertiary/aromatic N) is 1. The third-order valence-electron chi connectivity index (χ3n) is 5.07. The van der Waals surface area contributed by atoms with Crippen molar-refractivity contribution in [3.8, 4) is 5.75 Å². The van der Waals surface area contributed by atoms with Crippen LogP contribution in [0.25, 0.3) is 0 Å². The second-order valence-electron chi connectivity index (χ2n) is 7.68. The zero-order chi connectivity index (χ0) is 20.4. The minimum atomic E-state index is -0.627. The van der Waals surface area contributed by atoms with Crippen molar-refractivity contribution in [1.82, 2.24) is 5.32 Å². The van der Waals surface area contributed by atoms with Gasteiger partial charge in [-0.15, -0.1) is 0 Å². The molecule has 5 nitrogen and oxygen atoms in total. The predicted molar refractivity (Wildman–Crippen MR) is 111 cm³/mol. The summed E-state index contributed by atoms with van der Waals surface area (Å²) in [6.07, 6.45) is 0. The first-order valence-electron chi connectivity index (χ1n) is 9.71. The zero-order valence-corrected chi connectivity index (χ0v) is 17.2. The van der Waals surface area contributed by atoms with Crippen molar-refractivity contribution in [2.75, 3.05) is 18.1 Å². The van der Waals surface area contributed by atoms with E-state index in [9.17, 15) is 9.59 Å². The Hall–Kier alpha value is -2.82. The van der Waals surface area contributed by atoms with Gasteiger partial charge < -0.3 is 15.0 Å². The van der Waals surface area contributed by atoms with E-state index in [-0.39, 0.29) is 11.8 Å². The van der Waals surface area contributed by atoms with Crippen LogP contribution >= 0.6 is 0 Å². The number of anilines is 1. The third kappa shape index (κ3) is 3.88. The van der Waals surface area contributed by atoms with E-state index >= 15 is 0 Å². The van der Waals surface area contributed by atoms with Crippen molar-refractivity contribution in [3.63, 3.8) is 0 Å². The number of benzene rings is 2. The van der Waals surface area contributed by atoms with Crippen LogP contribution < -0.4 is 15.0 Å². The molecule has 0 fully saturated rings. The number of hydrogen-bond donors (Lipinski definition) is 1. The monoisotopic (exact) mass is 380 g/mol. The topological polar surface area (TPSA) is 58.6 Å². The molecular weight excluding hydrogens is 352 g/mol. The molecule has 0 saturated carbocycles. The number of hydrogen-bond acceptors (Lipinski definition) is 3. The molecule has 1 N–H and O–H groups in total. The molecule has 1 atom stereocenters. The number of rotatable bonds is 6. The number of carbonyl (C=O) groups excluding carboxylic acids is 2. The van der Waals surface area contributed by atoms with E-state index in [1.807, 2.05) is 38.1 Å². The molecule has 148 valence electrons. The number of amides is 2. The van der Waals surface area contributed by atoms with Gasteiger partial charge >= 0.3 is 0 Å². The lowest BCUT2D eigenvalue weighted by Gasteiger charge is -2.21. The lowest BCUT2D eigenvalue weighted by Crippen LogP contribution is -2.38. The van der Waals surface area contributed by atoms with E-state index < -0.39 is 6.04 Å². The minimum absolute atomic E-state index is 0.114. The number of carbonyl (C=O) groups is 2. The van der Waals surface area contributed by atoms with Gasteiger partial charge in [-0.3, -0.25) is 9.59 Å². The summed E-state index contributed by atoms with van der Waals surface area (Å²) in [6.45, 7) is 10.5. The third-order valence-corrected chi connectivity index (χ3v) is 5.07. The van der Waals surface area contributed by atoms with Crippen molar-refractivity contribution >= 4 is 17.5 Å². The van der Waals surface area contributed by atoms with E-state index in [4.69, 9.17) is 4.74 Å². The molecule has 1 aliphatic heterocycles. The van der Waals surface area contributed by atoms with Gasteiger partial charge in [0.2, 0.25) is 5.91 Å². The summed E-state index contributed by atoms with van der Waals surface area (Å²) in [4.78, 5) is 26.3. The molecule has 0 radical (unpaired) electrons. The molecular formula is C23H28N2O3. The highest BCUT2D eigenvalue weighted by Crippen LogP contribution is 2.38.